The van der Waals surface area contributed by atoms with E-state index in [1.54, 1.807) is 0 Å². The fraction of sp³-hybridized carbons (Fsp3) is 0.593. The van der Waals surface area contributed by atoms with E-state index in [0.29, 0.717) is 23.7 Å². The van der Waals surface area contributed by atoms with Gasteiger partial charge >= 0.3 is 12.2 Å². The fourth-order valence-corrected chi connectivity index (χ4v) is 14.0. The molecule has 390 valence electrons. The van der Waals surface area contributed by atoms with Crippen molar-refractivity contribution in [3.8, 4) is 11.3 Å². The monoisotopic (exact) mass is 995 g/mol. The van der Waals surface area contributed by atoms with Crippen molar-refractivity contribution in [1.82, 2.24) is 40.4 Å². The SMILES string of the molecule is COC(=O)N[C@H](C(=O)N1C2CCCCC2C[C@H]1c1ncc(C2=CC3=C(c4ccc(-c5cnc([C@@H]6CC7CCCCC7N6C(=O)[C@@H](NC(=O)OC)C(C)C)[nH]5)cc4)C[C@@H]2CC[C@@H]2C=CC(=CC2C)CC3)[nH]1)C(C)C. The van der Waals surface area contributed by atoms with Gasteiger partial charge in [0.15, 0.2) is 0 Å². The van der Waals surface area contributed by atoms with Crippen molar-refractivity contribution in [2.45, 2.75) is 167 Å². The summed E-state index contributed by atoms with van der Waals surface area (Å²) in [7, 11) is 2.67. The van der Waals surface area contributed by atoms with Gasteiger partial charge in [-0.3, -0.25) is 9.59 Å². The zero-order valence-electron chi connectivity index (χ0n) is 44.1. The van der Waals surface area contributed by atoms with Crippen molar-refractivity contribution in [2.24, 2.45) is 41.4 Å². The van der Waals surface area contributed by atoms with Crippen molar-refractivity contribution in [3.05, 3.63) is 95.0 Å². The molecule has 4 heterocycles. The standard InChI is InChI=1S/C59H78N8O6/c1-33(2)52(64-58(70)72-6)56(68)66-48-14-10-8-12-42(48)29-50(66)54-60-31-46(62-54)39-23-21-38(22-24-39)44-27-41-25-20-37-18-16-36(26-35(37)5)17-19-40(44)28-45(41)47-32-61-55(63-47)51-30-43-13-9-11-15-49(43)67(51)57(69)53(34(3)4)65-59(71)73-7/h16,18,21-24,26,28,31-35,37,41-43,48-53H,8-15,17,19-20,25,27,29-30H2,1-7H3,(H,60,62)(H,61,63)(H,64,70)(H,65,71)/t35?,37-,41-,42?,43?,48?,49?,50-,51-,52-,53-/m0/s1. The van der Waals surface area contributed by atoms with Gasteiger partial charge in [-0.05, 0) is 140 Å². The molecule has 0 radical (unpaired) electrons. The summed E-state index contributed by atoms with van der Waals surface area (Å²) in [6.07, 6.45) is 27.7. The molecule has 2 saturated carbocycles. The number of rotatable bonds is 11. The summed E-state index contributed by atoms with van der Waals surface area (Å²) in [6.45, 7) is 10.2. The second kappa shape index (κ2) is 21.5. The average molecular weight is 995 g/mol. The summed E-state index contributed by atoms with van der Waals surface area (Å²) in [5.41, 5.74) is 9.63. The second-order valence-corrected chi connectivity index (χ2v) is 23.1. The first-order valence-corrected chi connectivity index (χ1v) is 27.7. The quantitative estimate of drug-likeness (QED) is 0.147. The maximum Gasteiger partial charge on any atom is 0.407 e. The van der Waals surface area contributed by atoms with Crippen molar-refractivity contribution in [1.29, 1.82) is 0 Å². The van der Waals surface area contributed by atoms with Gasteiger partial charge in [0.1, 0.15) is 23.7 Å². The summed E-state index contributed by atoms with van der Waals surface area (Å²) >= 11 is 0. The normalized spacial score (nSPS) is 28.7. The van der Waals surface area contributed by atoms with E-state index < -0.39 is 24.3 Å². The molecule has 4 N–H and O–H groups in total. The van der Waals surface area contributed by atoms with Gasteiger partial charge in [-0.2, -0.15) is 0 Å². The van der Waals surface area contributed by atoms with Crippen LogP contribution in [-0.2, 0) is 19.1 Å². The highest BCUT2D eigenvalue weighted by Crippen LogP contribution is 2.50. The number of fused-ring (bicyclic) bond motifs is 2. The molecular weight excluding hydrogens is 917 g/mol. The van der Waals surface area contributed by atoms with Gasteiger partial charge in [0.2, 0.25) is 11.8 Å². The molecule has 11 atom stereocenters. The molecule has 3 aromatic rings. The highest BCUT2D eigenvalue weighted by molar-refractivity contribution is 5.88. The molecule has 5 unspecified atom stereocenters. The fourth-order valence-electron chi connectivity index (χ4n) is 14.0. The third-order valence-corrected chi connectivity index (χ3v) is 18.0. The van der Waals surface area contributed by atoms with E-state index in [4.69, 9.17) is 19.4 Å². The van der Waals surface area contributed by atoms with Crippen molar-refractivity contribution >= 4 is 35.1 Å². The number of nitrogens with one attached hydrogen (secondary N) is 4. The number of H-pyrrole nitrogens is 2. The van der Waals surface area contributed by atoms with Crippen LogP contribution in [0.2, 0.25) is 0 Å². The molecular formula is C59H78N8O6. The number of carbonyl (C=O) groups is 4. The zero-order chi connectivity index (χ0) is 51.1. The lowest BCUT2D eigenvalue weighted by Crippen LogP contribution is -2.53. The lowest BCUT2D eigenvalue weighted by molar-refractivity contribution is -0.139. The Morgan fingerprint density at radius 3 is 1.77 bits per heavy atom. The largest absolute Gasteiger partial charge is 0.453 e. The molecule has 4 bridgehead atoms. The first kappa shape index (κ1) is 50.6. The van der Waals surface area contributed by atoms with Gasteiger partial charge in [-0.1, -0.05) is 114 Å². The van der Waals surface area contributed by atoms with Crippen LogP contribution in [0.25, 0.3) is 22.4 Å². The first-order valence-electron chi connectivity index (χ1n) is 27.7. The molecule has 2 aromatic heterocycles. The number of hydrogen-bond acceptors (Lipinski definition) is 8. The van der Waals surface area contributed by atoms with Crippen molar-refractivity contribution < 1.29 is 28.7 Å². The number of imidazole rings is 2. The molecule has 10 aliphatic rings. The van der Waals surface area contributed by atoms with E-state index in [1.165, 1.54) is 48.5 Å². The molecule has 2 aliphatic heterocycles. The third kappa shape index (κ3) is 10.2. The number of benzene rings is 1. The number of aromatic nitrogens is 4. The van der Waals surface area contributed by atoms with Gasteiger partial charge in [-0.25, -0.2) is 19.6 Å². The molecule has 73 heavy (non-hydrogen) atoms. The maximum absolute atomic E-state index is 14.6. The minimum absolute atomic E-state index is 0.0570. The number of alkyl carbamates (subject to hydrolysis) is 2. The van der Waals surface area contributed by atoms with E-state index in [-0.39, 0.29) is 53.7 Å². The second-order valence-electron chi connectivity index (χ2n) is 23.1. The summed E-state index contributed by atoms with van der Waals surface area (Å²) in [5.74, 6) is 3.28. The van der Waals surface area contributed by atoms with Gasteiger partial charge in [0.25, 0.3) is 0 Å². The van der Waals surface area contributed by atoms with Gasteiger partial charge in [0, 0.05) is 12.1 Å². The van der Waals surface area contributed by atoms with Crippen LogP contribution in [0.1, 0.15) is 166 Å². The molecule has 4 amide bonds. The number of amides is 4. The predicted molar refractivity (Wildman–Crippen MR) is 282 cm³/mol. The Labute approximate surface area is 431 Å². The van der Waals surface area contributed by atoms with Gasteiger partial charge in [-0.15, -0.1) is 0 Å². The lowest BCUT2D eigenvalue weighted by atomic mass is 9.73. The van der Waals surface area contributed by atoms with Crippen LogP contribution in [0.5, 0.6) is 0 Å². The highest BCUT2D eigenvalue weighted by Gasteiger charge is 2.50. The summed E-state index contributed by atoms with van der Waals surface area (Å²) < 4.78 is 9.90. The van der Waals surface area contributed by atoms with E-state index in [0.717, 1.165) is 118 Å². The Kier molecular flexibility index (Phi) is 14.9. The smallest absolute Gasteiger partial charge is 0.407 e. The predicted octanol–water partition coefficient (Wildman–Crippen LogP) is 11.4. The number of likely N-dealkylation sites (tertiary alicyclic amines) is 2. The van der Waals surface area contributed by atoms with E-state index in [2.05, 4.69) is 81.0 Å². The van der Waals surface area contributed by atoms with E-state index in [9.17, 15) is 19.2 Å². The molecule has 4 fully saturated rings. The van der Waals surface area contributed by atoms with Crippen LogP contribution in [0.15, 0.2) is 72.1 Å². The Hall–Kier alpha value is -5.92. The topological polar surface area (TPSA) is 175 Å². The Morgan fingerprint density at radius 1 is 0.685 bits per heavy atom. The van der Waals surface area contributed by atoms with Crippen LogP contribution in [-0.4, -0.2) is 92.1 Å². The third-order valence-electron chi connectivity index (χ3n) is 18.0. The van der Waals surface area contributed by atoms with Gasteiger partial charge < -0.3 is 39.9 Å². The molecule has 0 spiro atoms. The summed E-state index contributed by atoms with van der Waals surface area (Å²) in [6, 6.07) is 7.37. The number of allylic oxidation sites excluding steroid dienone is 8. The molecule has 1 aromatic carbocycles. The number of hydrogen-bond donors (Lipinski definition) is 4. The Bertz CT molecular complexity index is 2660. The summed E-state index contributed by atoms with van der Waals surface area (Å²) in [4.78, 5) is 75.7. The van der Waals surface area contributed by atoms with E-state index in [1.807, 2.05) is 45.0 Å². The van der Waals surface area contributed by atoms with Crippen LogP contribution >= 0.6 is 0 Å². The molecule has 2 saturated heterocycles. The first-order chi connectivity index (χ1) is 35.3. The van der Waals surface area contributed by atoms with Crippen LogP contribution < -0.4 is 10.6 Å². The van der Waals surface area contributed by atoms with Crippen LogP contribution in [0, 0.1) is 41.4 Å². The number of carbonyl (C=O) groups excluding carboxylic acids is 4. The molecule has 13 rings (SSSR count). The zero-order valence-corrected chi connectivity index (χ0v) is 44.1. The van der Waals surface area contributed by atoms with E-state index >= 15 is 0 Å². The van der Waals surface area contributed by atoms with Crippen LogP contribution in [0.4, 0.5) is 9.59 Å². The number of aromatic amines is 2. The Morgan fingerprint density at radius 2 is 1.22 bits per heavy atom. The van der Waals surface area contributed by atoms with Crippen molar-refractivity contribution in [2.75, 3.05) is 14.2 Å². The number of nitrogens with zero attached hydrogens (tertiary/aromatic N) is 4. The highest BCUT2D eigenvalue weighted by atomic mass is 16.5. The average Bonchev–Trinajstić information content (AvgIpc) is 4.23. The molecule has 8 aliphatic carbocycles. The Balaban J connectivity index is 0.948. The number of methoxy groups -OCH3 is 2. The van der Waals surface area contributed by atoms with Crippen LogP contribution in [0.3, 0.4) is 0 Å². The lowest BCUT2D eigenvalue weighted by Gasteiger charge is -2.36. The summed E-state index contributed by atoms with van der Waals surface area (Å²) in [5, 5.41) is 5.70. The maximum atomic E-state index is 14.6. The minimum atomic E-state index is -0.695. The minimum Gasteiger partial charge on any atom is -0.453 e. The van der Waals surface area contributed by atoms with Gasteiger partial charge in [0.05, 0.1) is 50.1 Å². The molecule has 14 nitrogen and oxygen atoms in total. The van der Waals surface area contributed by atoms with Crippen molar-refractivity contribution in [3.63, 3.8) is 0 Å². The number of ether oxygens (including phenoxy) is 2. The molecule has 14 heteroatoms.